The molecule has 1 aromatic carbocycles. The van der Waals surface area contributed by atoms with Crippen LogP contribution in [0.15, 0.2) is 47.5 Å². The fourth-order valence-corrected chi connectivity index (χ4v) is 3.35. The maximum absolute atomic E-state index is 12.8. The molecule has 0 aliphatic carbocycles. The first kappa shape index (κ1) is 18.1. The smallest absolute Gasteiger partial charge is 0.383 e. The topological polar surface area (TPSA) is 48.9 Å². The van der Waals surface area contributed by atoms with Crippen LogP contribution in [0.2, 0.25) is 5.02 Å². The van der Waals surface area contributed by atoms with Gasteiger partial charge in [0.2, 0.25) is 0 Å². The first-order valence-electron chi connectivity index (χ1n) is 7.32. The van der Waals surface area contributed by atoms with Crippen molar-refractivity contribution in [2.75, 3.05) is 5.75 Å². The van der Waals surface area contributed by atoms with Crippen LogP contribution in [0.1, 0.15) is 18.2 Å². The highest BCUT2D eigenvalue weighted by Gasteiger charge is 2.32. The molecule has 0 saturated heterocycles. The Morgan fingerprint density at radius 1 is 1.20 bits per heavy atom. The summed E-state index contributed by atoms with van der Waals surface area (Å²) >= 11 is 7.26. The zero-order valence-electron chi connectivity index (χ0n) is 13.1. The zero-order chi connectivity index (χ0) is 18.2. The number of halogens is 4. The van der Waals surface area contributed by atoms with Crippen molar-refractivity contribution in [3.8, 4) is 0 Å². The highest BCUT2D eigenvalue weighted by Crippen LogP contribution is 2.33. The predicted molar refractivity (Wildman–Crippen MR) is 92.8 cm³/mol. The SMILES string of the molecule is CC(O)(CSc1ccc(Cl)cc1)c1cc2cc(C(F)(F)F)cnc2[nH]1. The van der Waals surface area contributed by atoms with Crippen molar-refractivity contribution in [1.82, 2.24) is 9.97 Å². The second-order valence-corrected chi connectivity index (χ2v) is 7.34. The third-order valence-electron chi connectivity index (χ3n) is 3.71. The Hall–Kier alpha value is -1.70. The van der Waals surface area contributed by atoms with Gasteiger partial charge in [0.1, 0.15) is 11.2 Å². The van der Waals surface area contributed by atoms with Gasteiger partial charge in [0.25, 0.3) is 0 Å². The maximum Gasteiger partial charge on any atom is 0.417 e. The number of hydrogen-bond acceptors (Lipinski definition) is 3. The van der Waals surface area contributed by atoms with Gasteiger partial charge < -0.3 is 10.1 Å². The molecule has 8 heteroatoms. The van der Waals surface area contributed by atoms with Crippen molar-refractivity contribution in [1.29, 1.82) is 0 Å². The number of nitrogens with zero attached hydrogens (tertiary/aromatic N) is 1. The lowest BCUT2D eigenvalue weighted by atomic mass is 10.1. The molecule has 0 fully saturated rings. The van der Waals surface area contributed by atoms with Gasteiger partial charge in [-0.3, -0.25) is 0 Å². The number of H-pyrrole nitrogens is 1. The summed E-state index contributed by atoms with van der Waals surface area (Å²) in [5.41, 5.74) is -1.36. The molecular formula is C17H14ClF3N2OS. The van der Waals surface area contributed by atoms with E-state index >= 15 is 0 Å². The number of nitrogens with one attached hydrogen (secondary N) is 1. The van der Waals surface area contributed by atoms with E-state index in [-0.39, 0.29) is 0 Å². The predicted octanol–water partition coefficient (Wildman–Crippen LogP) is 5.23. The van der Waals surface area contributed by atoms with Gasteiger partial charge in [-0.05, 0) is 43.3 Å². The quantitative estimate of drug-likeness (QED) is 0.603. The molecule has 2 N–H and O–H groups in total. The number of thioether (sulfide) groups is 1. The van der Waals surface area contributed by atoms with Gasteiger partial charge in [0.15, 0.2) is 0 Å². The van der Waals surface area contributed by atoms with Crippen molar-refractivity contribution in [3.05, 3.63) is 58.9 Å². The molecule has 1 unspecified atom stereocenters. The summed E-state index contributed by atoms with van der Waals surface area (Å²) in [6, 6.07) is 9.70. The molecule has 0 radical (unpaired) electrons. The first-order valence-corrected chi connectivity index (χ1v) is 8.69. The standard InChI is InChI=1S/C17H14ClF3N2OS/c1-16(24,9-25-13-4-2-12(18)3-5-13)14-7-10-6-11(17(19,20)21)8-22-15(10)23-14/h2-8,24H,9H2,1H3,(H,22,23). The lowest BCUT2D eigenvalue weighted by molar-refractivity contribution is -0.137. The third kappa shape index (κ3) is 4.11. The fourth-order valence-electron chi connectivity index (χ4n) is 2.29. The summed E-state index contributed by atoms with van der Waals surface area (Å²) in [5.74, 6) is 0.313. The molecule has 3 nitrogen and oxygen atoms in total. The van der Waals surface area contributed by atoms with Gasteiger partial charge in [-0.15, -0.1) is 11.8 Å². The molecule has 0 amide bonds. The van der Waals surface area contributed by atoms with Crippen LogP contribution in [-0.4, -0.2) is 20.8 Å². The molecule has 0 bridgehead atoms. The van der Waals surface area contributed by atoms with Crippen LogP contribution in [0.3, 0.4) is 0 Å². The van der Waals surface area contributed by atoms with Crippen LogP contribution in [-0.2, 0) is 11.8 Å². The van der Waals surface area contributed by atoms with Gasteiger partial charge in [-0.2, -0.15) is 13.2 Å². The summed E-state index contributed by atoms with van der Waals surface area (Å²) in [4.78, 5) is 7.63. The molecule has 0 spiro atoms. The maximum atomic E-state index is 12.8. The Morgan fingerprint density at radius 2 is 1.88 bits per heavy atom. The number of benzene rings is 1. The van der Waals surface area contributed by atoms with E-state index in [4.69, 9.17) is 11.6 Å². The highest BCUT2D eigenvalue weighted by atomic mass is 35.5. The van der Waals surface area contributed by atoms with E-state index in [2.05, 4.69) is 9.97 Å². The number of aromatic nitrogens is 2. The Bertz CT molecular complexity index is 891. The van der Waals surface area contributed by atoms with E-state index < -0.39 is 17.3 Å². The van der Waals surface area contributed by atoms with Crippen molar-refractivity contribution >= 4 is 34.4 Å². The fraction of sp³-hybridized carbons (Fsp3) is 0.235. The van der Waals surface area contributed by atoms with Crippen molar-refractivity contribution < 1.29 is 18.3 Å². The number of aliphatic hydroxyl groups is 1. The Labute approximate surface area is 151 Å². The molecular weight excluding hydrogens is 373 g/mol. The molecule has 0 aliphatic heterocycles. The van der Waals surface area contributed by atoms with Crippen molar-refractivity contribution in [2.24, 2.45) is 0 Å². The van der Waals surface area contributed by atoms with E-state index in [1.165, 1.54) is 17.8 Å². The minimum Gasteiger partial charge on any atom is -0.383 e. The molecule has 0 saturated carbocycles. The molecule has 132 valence electrons. The Balaban J connectivity index is 1.82. The minimum atomic E-state index is -4.45. The second-order valence-electron chi connectivity index (χ2n) is 5.86. The van der Waals surface area contributed by atoms with Crippen LogP contribution in [0.4, 0.5) is 13.2 Å². The van der Waals surface area contributed by atoms with E-state index in [0.717, 1.165) is 17.2 Å². The van der Waals surface area contributed by atoms with Crippen molar-refractivity contribution in [3.63, 3.8) is 0 Å². The second kappa shape index (κ2) is 6.55. The van der Waals surface area contributed by atoms with Crippen LogP contribution >= 0.6 is 23.4 Å². The highest BCUT2D eigenvalue weighted by molar-refractivity contribution is 7.99. The lowest BCUT2D eigenvalue weighted by Gasteiger charge is -2.21. The van der Waals surface area contributed by atoms with Crippen LogP contribution in [0.25, 0.3) is 11.0 Å². The summed E-state index contributed by atoms with van der Waals surface area (Å²) in [5, 5.41) is 11.6. The number of rotatable bonds is 4. The zero-order valence-corrected chi connectivity index (χ0v) is 14.6. The van der Waals surface area contributed by atoms with E-state index in [9.17, 15) is 18.3 Å². The molecule has 3 rings (SSSR count). The number of aromatic amines is 1. The van der Waals surface area contributed by atoms with E-state index in [0.29, 0.717) is 27.5 Å². The molecule has 0 aliphatic rings. The van der Waals surface area contributed by atoms with E-state index in [1.54, 1.807) is 19.1 Å². The number of hydrogen-bond donors (Lipinski definition) is 2. The van der Waals surface area contributed by atoms with Gasteiger partial charge >= 0.3 is 6.18 Å². The molecule has 1 atom stereocenters. The molecule has 2 heterocycles. The number of fused-ring (bicyclic) bond motifs is 1. The van der Waals surface area contributed by atoms with Crippen LogP contribution in [0.5, 0.6) is 0 Å². The summed E-state index contributed by atoms with van der Waals surface area (Å²) in [6.45, 7) is 1.60. The van der Waals surface area contributed by atoms with Crippen LogP contribution < -0.4 is 0 Å². The number of alkyl halides is 3. The average Bonchev–Trinajstić information content (AvgIpc) is 2.97. The Morgan fingerprint density at radius 3 is 2.52 bits per heavy atom. The minimum absolute atomic E-state index is 0.305. The number of pyridine rings is 1. The normalized spacial score (nSPS) is 14.6. The summed E-state index contributed by atoms with van der Waals surface area (Å²) in [7, 11) is 0. The third-order valence-corrected chi connectivity index (χ3v) is 5.28. The van der Waals surface area contributed by atoms with Crippen LogP contribution in [0, 0.1) is 0 Å². The molecule has 3 aromatic rings. The van der Waals surface area contributed by atoms with Gasteiger partial charge in [-0.25, -0.2) is 4.98 Å². The summed E-state index contributed by atoms with van der Waals surface area (Å²) in [6.07, 6.45) is -3.68. The molecule has 25 heavy (non-hydrogen) atoms. The van der Waals surface area contributed by atoms with Crippen molar-refractivity contribution in [2.45, 2.75) is 23.6 Å². The lowest BCUT2D eigenvalue weighted by Crippen LogP contribution is -2.24. The van der Waals surface area contributed by atoms with Gasteiger partial charge in [0, 0.05) is 32.9 Å². The van der Waals surface area contributed by atoms with E-state index in [1.807, 2.05) is 12.1 Å². The van der Waals surface area contributed by atoms with Gasteiger partial charge in [-0.1, -0.05) is 11.6 Å². The first-order chi connectivity index (χ1) is 11.6. The molecule has 2 aromatic heterocycles. The largest absolute Gasteiger partial charge is 0.417 e. The Kier molecular flexibility index (Phi) is 4.74. The monoisotopic (exact) mass is 386 g/mol. The van der Waals surface area contributed by atoms with Gasteiger partial charge in [0.05, 0.1) is 5.56 Å². The summed E-state index contributed by atoms with van der Waals surface area (Å²) < 4.78 is 38.3. The average molecular weight is 387 g/mol.